The Morgan fingerprint density at radius 3 is 1.25 bits per heavy atom. The fourth-order valence-corrected chi connectivity index (χ4v) is 7.92. The molecule has 0 fully saturated rings. The SMILES string of the molecule is CSc1ccc(-c2cc3cc4ccc5cc6cc(-c7ccc(SC)cc7)sc6cc5c4cc3s2)cc1. The lowest BCUT2D eigenvalue weighted by Gasteiger charge is -2.05. The molecule has 5 aromatic carbocycles. The molecular formula is C32H22S4. The van der Waals surface area contributed by atoms with E-state index in [1.165, 1.54) is 72.4 Å². The summed E-state index contributed by atoms with van der Waals surface area (Å²) in [5.41, 5.74) is 2.59. The van der Waals surface area contributed by atoms with Crippen molar-refractivity contribution < 1.29 is 0 Å². The molecule has 4 heteroatoms. The van der Waals surface area contributed by atoms with Crippen molar-refractivity contribution in [3.05, 3.63) is 97.1 Å². The van der Waals surface area contributed by atoms with Gasteiger partial charge in [0.1, 0.15) is 0 Å². The van der Waals surface area contributed by atoms with Gasteiger partial charge < -0.3 is 0 Å². The van der Waals surface area contributed by atoms with Gasteiger partial charge in [0, 0.05) is 28.9 Å². The van der Waals surface area contributed by atoms with Gasteiger partial charge in [-0.1, -0.05) is 36.4 Å². The van der Waals surface area contributed by atoms with Crippen LogP contribution in [0.4, 0.5) is 0 Å². The van der Waals surface area contributed by atoms with Gasteiger partial charge in [0.2, 0.25) is 0 Å². The van der Waals surface area contributed by atoms with Gasteiger partial charge in [-0.15, -0.1) is 46.2 Å². The smallest absolute Gasteiger partial charge is 0.0355 e. The highest BCUT2D eigenvalue weighted by atomic mass is 32.2. The molecule has 36 heavy (non-hydrogen) atoms. The molecule has 0 amide bonds. The zero-order chi connectivity index (χ0) is 24.2. The number of thioether (sulfide) groups is 2. The molecule has 0 unspecified atom stereocenters. The van der Waals surface area contributed by atoms with E-state index < -0.39 is 0 Å². The first-order chi connectivity index (χ1) is 17.7. The fourth-order valence-electron chi connectivity index (χ4n) is 4.93. The average molecular weight is 535 g/mol. The normalized spacial score (nSPS) is 11.8. The minimum absolute atomic E-state index is 1.29. The molecule has 0 spiro atoms. The second-order valence-corrected chi connectivity index (χ2v) is 12.9. The molecule has 2 heterocycles. The molecular weight excluding hydrogens is 513 g/mol. The second-order valence-electron chi connectivity index (χ2n) is 8.97. The quantitative estimate of drug-likeness (QED) is 0.163. The van der Waals surface area contributed by atoms with E-state index in [0.717, 1.165) is 0 Å². The van der Waals surface area contributed by atoms with E-state index in [1.807, 2.05) is 22.7 Å². The molecule has 0 radical (unpaired) electrons. The van der Waals surface area contributed by atoms with E-state index >= 15 is 0 Å². The minimum Gasteiger partial charge on any atom is -0.135 e. The number of thiophene rings is 2. The van der Waals surface area contributed by atoms with E-state index in [-0.39, 0.29) is 0 Å². The summed E-state index contributed by atoms with van der Waals surface area (Å²) in [6.07, 6.45) is 4.25. The maximum atomic E-state index is 2.40. The van der Waals surface area contributed by atoms with Crippen molar-refractivity contribution in [2.45, 2.75) is 9.79 Å². The molecule has 0 saturated heterocycles. The van der Waals surface area contributed by atoms with Crippen molar-refractivity contribution in [3.63, 3.8) is 0 Å². The largest absolute Gasteiger partial charge is 0.135 e. The topological polar surface area (TPSA) is 0 Å². The van der Waals surface area contributed by atoms with Crippen molar-refractivity contribution in [1.82, 2.24) is 0 Å². The van der Waals surface area contributed by atoms with Crippen LogP contribution in [0.5, 0.6) is 0 Å². The second kappa shape index (κ2) is 8.97. The number of benzene rings is 5. The van der Waals surface area contributed by atoms with Crippen molar-refractivity contribution in [2.75, 3.05) is 12.5 Å². The third-order valence-electron chi connectivity index (χ3n) is 6.86. The van der Waals surface area contributed by atoms with Crippen LogP contribution in [0, 0.1) is 0 Å². The zero-order valence-corrected chi connectivity index (χ0v) is 23.1. The van der Waals surface area contributed by atoms with Crippen LogP contribution < -0.4 is 0 Å². The summed E-state index contributed by atoms with van der Waals surface area (Å²) in [4.78, 5) is 5.26. The van der Waals surface area contributed by atoms with Crippen molar-refractivity contribution in [1.29, 1.82) is 0 Å². The number of rotatable bonds is 4. The van der Waals surface area contributed by atoms with Gasteiger partial charge in [-0.3, -0.25) is 0 Å². The highest BCUT2D eigenvalue weighted by Crippen LogP contribution is 2.41. The zero-order valence-electron chi connectivity index (χ0n) is 19.9. The van der Waals surface area contributed by atoms with E-state index in [9.17, 15) is 0 Å². The molecule has 2 aromatic heterocycles. The Labute approximate surface area is 227 Å². The van der Waals surface area contributed by atoms with Crippen molar-refractivity contribution >= 4 is 87.9 Å². The first-order valence-corrected chi connectivity index (χ1v) is 15.9. The lowest BCUT2D eigenvalue weighted by atomic mass is 9.99. The van der Waals surface area contributed by atoms with Crippen LogP contribution >= 0.6 is 46.2 Å². The predicted molar refractivity (Wildman–Crippen MR) is 167 cm³/mol. The third-order valence-corrected chi connectivity index (χ3v) is 10.6. The summed E-state index contributed by atoms with van der Waals surface area (Å²) in [7, 11) is 0. The Morgan fingerprint density at radius 1 is 0.444 bits per heavy atom. The van der Waals surface area contributed by atoms with Crippen molar-refractivity contribution in [3.8, 4) is 20.9 Å². The Hall–Kier alpha value is -2.76. The van der Waals surface area contributed by atoms with Gasteiger partial charge in [0.25, 0.3) is 0 Å². The lowest BCUT2D eigenvalue weighted by Crippen LogP contribution is -1.78. The van der Waals surface area contributed by atoms with Crippen LogP contribution in [0.2, 0.25) is 0 Å². The van der Waals surface area contributed by atoms with Gasteiger partial charge in [0.15, 0.2) is 0 Å². The maximum absolute atomic E-state index is 2.40. The summed E-state index contributed by atoms with van der Waals surface area (Å²) in [5.74, 6) is 0. The molecule has 0 atom stereocenters. The summed E-state index contributed by atoms with van der Waals surface area (Å²) >= 11 is 7.35. The average Bonchev–Trinajstić information content (AvgIpc) is 3.54. The molecule has 0 aliphatic rings. The Morgan fingerprint density at radius 2 is 0.861 bits per heavy atom. The number of fused-ring (bicyclic) bond motifs is 5. The van der Waals surface area contributed by atoms with Gasteiger partial charge in [-0.25, -0.2) is 0 Å². The third kappa shape index (κ3) is 3.84. The highest BCUT2D eigenvalue weighted by molar-refractivity contribution is 7.98. The predicted octanol–water partition coefficient (Wildman–Crippen LogP) is 11.2. The molecule has 0 saturated carbocycles. The highest BCUT2D eigenvalue weighted by Gasteiger charge is 2.11. The first-order valence-electron chi connectivity index (χ1n) is 11.8. The molecule has 0 bridgehead atoms. The van der Waals surface area contributed by atoms with Gasteiger partial charge in [0.05, 0.1) is 0 Å². The summed E-state index contributed by atoms with van der Waals surface area (Å²) in [6.45, 7) is 0. The lowest BCUT2D eigenvalue weighted by molar-refractivity contribution is 1.47. The molecule has 174 valence electrons. The molecule has 0 N–H and O–H groups in total. The van der Waals surface area contributed by atoms with E-state index in [2.05, 4.69) is 110 Å². The molecule has 0 aliphatic carbocycles. The minimum atomic E-state index is 1.29. The monoisotopic (exact) mass is 534 g/mol. The van der Waals surface area contributed by atoms with Crippen LogP contribution in [0.25, 0.3) is 62.6 Å². The molecule has 0 nitrogen and oxygen atoms in total. The van der Waals surface area contributed by atoms with Crippen LogP contribution in [-0.4, -0.2) is 12.5 Å². The first kappa shape index (κ1) is 22.4. The number of hydrogen-bond acceptors (Lipinski definition) is 4. The Balaban J connectivity index is 1.36. The summed E-state index contributed by atoms with van der Waals surface area (Å²) < 4.78 is 2.69. The van der Waals surface area contributed by atoms with Crippen molar-refractivity contribution in [2.24, 2.45) is 0 Å². The van der Waals surface area contributed by atoms with E-state index in [4.69, 9.17) is 0 Å². The Kier molecular flexibility index (Phi) is 5.59. The van der Waals surface area contributed by atoms with E-state index in [1.54, 1.807) is 23.5 Å². The molecule has 7 aromatic rings. The van der Waals surface area contributed by atoms with Crippen LogP contribution in [-0.2, 0) is 0 Å². The van der Waals surface area contributed by atoms with Crippen LogP contribution in [0.3, 0.4) is 0 Å². The van der Waals surface area contributed by atoms with Gasteiger partial charge in [-0.2, -0.15) is 0 Å². The number of hydrogen-bond donors (Lipinski definition) is 0. The standard InChI is InChI=1S/C32H22S4/c1-33-25-9-5-19(6-10-25)29-15-23-13-21-3-4-22-14-24-16-30(20-7-11-26(34-2)12-8-20)36-32(24)18-28(22)27(21)17-31(23)35-29/h3-18H,1-2H3. The maximum Gasteiger partial charge on any atom is 0.0355 e. The Bertz CT molecular complexity index is 1750. The fraction of sp³-hybridized carbons (Fsp3) is 0.0625. The van der Waals surface area contributed by atoms with E-state index in [0.29, 0.717) is 0 Å². The van der Waals surface area contributed by atoms with Crippen LogP contribution in [0.15, 0.2) is 107 Å². The van der Waals surface area contributed by atoms with Gasteiger partial charge >= 0.3 is 0 Å². The summed E-state index contributed by atoms with van der Waals surface area (Å²) in [5, 5.41) is 7.94. The molecule has 7 rings (SSSR count). The molecule has 0 aliphatic heterocycles. The summed E-state index contributed by atoms with van der Waals surface area (Å²) in [6, 6.07) is 36.6. The van der Waals surface area contributed by atoms with Gasteiger partial charge in [-0.05, 0) is 117 Å². The van der Waals surface area contributed by atoms with Crippen LogP contribution in [0.1, 0.15) is 0 Å².